The van der Waals surface area contributed by atoms with Crippen molar-refractivity contribution in [3.8, 4) is 5.88 Å². The Morgan fingerprint density at radius 2 is 2.05 bits per heavy atom. The molecule has 5 nitrogen and oxygen atoms in total. The summed E-state index contributed by atoms with van der Waals surface area (Å²) in [7, 11) is 1.49. The van der Waals surface area contributed by atoms with Crippen molar-refractivity contribution in [3.63, 3.8) is 0 Å². The molecule has 1 aromatic carbocycles. The molecule has 19 heavy (non-hydrogen) atoms. The molecule has 98 valence electrons. The Morgan fingerprint density at radius 1 is 1.32 bits per heavy atom. The molecule has 1 N–H and O–H groups in total. The molecule has 1 aromatic heterocycles. The highest BCUT2D eigenvalue weighted by Gasteiger charge is 2.22. The van der Waals surface area contributed by atoms with Crippen molar-refractivity contribution in [2.45, 2.75) is 12.3 Å². The quantitative estimate of drug-likeness (QED) is 0.886. The maximum atomic E-state index is 11.4. The fourth-order valence-electron chi connectivity index (χ4n) is 1.82. The third-order valence-corrected chi connectivity index (χ3v) is 2.81. The van der Waals surface area contributed by atoms with Crippen LogP contribution in [0.2, 0.25) is 0 Å². The normalized spacial score (nSPS) is 11.8. The maximum absolute atomic E-state index is 11.4. The molecule has 1 heterocycles. The van der Waals surface area contributed by atoms with Crippen LogP contribution in [0, 0.1) is 0 Å². The van der Waals surface area contributed by atoms with Crippen LogP contribution >= 0.6 is 0 Å². The summed E-state index contributed by atoms with van der Waals surface area (Å²) >= 11 is 0. The average molecular weight is 258 g/mol. The third kappa shape index (κ3) is 3.28. The number of carboxylic acid groups (broad SMARTS) is 1. The molecular formula is C14H14N2O3. The average Bonchev–Trinajstić information content (AvgIpc) is 2.45. The van der Waals surface area contributed by atoms with E-state index >= 15 is 0 Å². The second-order valence-electron chi connectivity index (χ2n) is 4.07. The number of aromatic nitrogens is 2. The van der Waals surface area contributed by atoms with Gasteiger partial charge >= 0.3 is 5.97 Å². The first-order valence-corrected chi connectivity index (χ1v) is 5.83. The summed E-state index contributed by atoms with van der Waals surface area (Å²) in [4.78, 5) is 19.3. The summed E-state index contributed by atoms with van der Waals surface area (Å²) in [6, 6.07) is 11.0. The molecule has 2 aromatic rings. The Hall–Kier alpha value is -2.43. The molecule has 0 fully saturated rings. The van der Waals surface area contributed by atoms with Crippen LogP contribution in [0.4, 0.5) is 0 Å². The number of benzene rings is 1. The zero-order valence-corrected chi connectivity index (χ0v) is 10.5. The number of ether oxygens (including phenoxy) is 1. The molecule has 1 unspecified atom stereocenters. The summed E-state index contributed by atoms with van der Waals surface area (Å²) in [5.74, 6) is -1.26. The van der Waals surface area contributed by atoms with Gasteiger partial charge in [0.05, 0.1) is 12.8 Å². The van der Waals surface area contributed by atoms with E-state index in [-0.39, 0.29) is 0 Å². The summed E-state index contributed by atoms with van der Waals surface area (Å²) in [6.07, 6.45) is 1.70. The van der Waals surface area contributed by atoms with E-state index in [1.165, 1.54) is 13.4 Å². The number of carbonyl (C=O) groups is 1. The van der Waals surface area contributed by atoms with Gasteiger partial charge in [0.1, 0.15) is 12.2 Å². The summed E-state index contributed by atoms with van der Waals surface area (Å²) in [6.45, 7) is 0. The highest BCUT2D eigenvalue weighted by molar-refractivity contribution is 5.76. The van der Waals surface area contributed by atoms with Gasteiger partial charge < -0.3 is 9.84 Å². The van der Waals surface area contributed by atoms with Gasteiger partial charge in [-0.2, -0.15) is 0 Å². The number of nitrogens with zero attached hydrogens (tertiary/aromatic N) is 2. The van der Waals surface area contributed by atoms with Crippen molar-refractivity contribution in [1.82, 2.24) is 9.97 Å². The second-order valence-corrected chi connectivity index (χ2v) is 4.07. The molecule has 0 saturated heterocycles. The van der Waals surface area contributed by atoms with Crippen LogP contribution in [0.15, 0.2) is 42.7 Å². The van der Waals surface area contributed by atoms with Crippen molar-refractivity contribution in [1.29, 1.82) is 0 Å². The van der Waals surface area contributed by atoms with Crippen molar-refractivity contribution in [2.24, 2.45) is 0 Å². The van der Waals surface area contributed by atoms with Gasteiger partial charge in [-0.3, -0.25) is 4.79 Å². The number of hydrogen-bond donors (Lipinski definition) is 1. The zero-order valence-electron chi connectivity index (χ0n) is 10.5. The van der Waals surface area contributed by atoms with Gasteiger partial charge in [-0.1, -0.05) is 30.3 Å². The molecule has 0 saturated carbocycles. The second kappa shape index (κ2) is 5.95. The minimum Gasteiger partial charge on any atom is -0.481 e. The molecule has 5 heteroatoms. The van der Waals surface area contributed by atoms with Gasteiger partial charge in [-0.05, 0) is 12.0 Å². The van der Waals surface area contributed by atoms with E-state index < -0.39 is 11.9 Å². The first-order valence-electron chi connectivity index (χ1n) is 5.83. The number of aliphatic carboxylic acids is 1. The lowest BCUT2D eigenvalue weighted by Gasteiger charge is -2.12. The fraction of sp³-hybridized carbons (Fsp3) is 0.214. The third-order valence-electron chi connectivity index (χ3n) is 2.81. The van der Waals surface area contributed by atoms with Crippen LogP contribution in [0.5, 0.6) is 5.88 Å². The van der Waals surface area contributed by atoms with Crippen molar-refractivity contribution < 1.29 is 14.6 Å². The van der Waals surface area contributed by atoms with Gasteiger partial charge in [-0.25, -0.2) is 9.97 Å². The van der Waals surface area contributed by atoms with Crippen LogP contribution in [-0.2, 0) is 11.2 Å². The Bertz CT molecular complexity index is 558. The van der Waals surface area contributed by atoms with E-state index in [0.29, 0.717) is 18.0 Å². The van der Waals surface area contributed by atoms with Gasteiger partial charge in [0, 0.05) is 6.07 Å². The lowest BCUT2D eigenvalue weighted by atomic mass is 9.96. The summed E-state index contributed by atoms with van der Waals surface area (Å²) < 4.78 is 4.99. The van der Waals surface area contributed by atoms with E-state index in [2.05, 4.69) is 9.97 Å². The number of carboxylic acids is 1. The van der Waals surface area contributed by atoms with Gasteiger partial charge in [-0.15, -0.1) is 0 Å². The Kier molecular flexibility index (Phi) is 4.07. The van der Waals surface area contributed by atoms with E-state index in [9.17, 15) is 9.90 Å². The molecule has 0 aliphatic carbocycles. The van der Waals surface area contributed by atoms with Crippen molar-refractivity contribution >= 4 is 5.97 Å². The van der Waals surface area contributed by atoms with Gasteiger partial charge in [0.25, 0.3) is 0 Å². The predicted octanol–water partition coefficient (Wildman–Crippen LogP) is 1.90. The summed E-state index contributed by atoms with van der Waals surface area (Å²) in [5.41, 5.74) is 1.40. The van der Waals surface area contributed by atoms with E-state index in [1.807, 2.05) is 30.3 Å². The Labute approximate surface area is 110 Å². The molecule has 1 atom stereocenters. The van der Waals surface area contributed by atoms with Crippen molar-refractivity contribution in [3.05, 3.63) is 54.0 Å². The molecule has 0 bridgehead atoms. The van der Waals surface area contributed by atoms with Crippen LogP contribution < -0.4 is 4.74 Å². The molecule has 0 aliphatic heterocycles. The molecule has 0 radical (unpaired) electrons. The molecule has 2 rings (SSSR count). The Morgan fingerprint density at radius 3 is 2.68 bits per heavy atom. The molecular weight excluding hydrogens is 244 g/mol. The fourth-order valence-corrected chi connectivity index (χ4v) is 1.82. The van der Waals surface area contributed by atoms with E-state index in [0.717, 1.165) is 5.56 Å². The first-order chi connectivity index (χ1) is 9.20. The topological polar surface area (TPSA) is 72.3 Å². The number of rotatable bonds is 5. The lowest BCUT2D eigenvalue weighted by Crippen LogP contribution is -2.16. The molecule has 0 amide bonds. The smallest absolute Gasteiger partial charge is 0.312 e. The zero-order chi connectivity index (χ0) is 13.7. The predicted molar refractivity (Wildman–Crippen MR) is 69.1 cm³/mol. The largest absolute Gasteiger partial charge is 0.481 e. The lowest BCUT2D eigenvalue weighted by molar-refractivity contribution is -0.138. The highest BCUT2D eigenvalue weighted by Crippen LogP contribution is 2.21. The first kappa shape index (κ1) is 13.0. The SMILES string of the molecule is COc1cc(C(Cc2ccccc2)C(=O)O)ncn1. The number of methoxy groups -OCH3 is 1. The standard InChI is InChI=1S/C14H14N2O3/c1-19-13-8-12(15-9-16-13)11(14(17)18)7-10-5-3-2-4-6-10/h2-6,8-9,11H,7H2,1H3,(H,17,18). The Balaban J connectivity index is 2.27. The van der Waals surface area contributed by atoms with E-state index in [1.54, 1.807) is 6.07 Å². The monoisotopic (exact) mass is 258 g/mol. The van der Waals surface area contributed by atoms with Crippen LogP contribution in [0.25, 0.3) is 0 Å². The maximum Gasteiger partial charge on any atom is 0.312 e. The van der Waals surface area contributed by atoms with Gasteiger partial charge in [0.15, 0.2) is 0 Å². The van der Waals surface area contributed by atoms with Crippen LogP contribution in [0.1, 0.15) is 17.2 Å². The van der Waals surface area contributed by atoms with E-state index in [4.69, 9.17) is 4.74 Å². The van der Waals surface area contributed by atoms with Crippen LogP contribution in [0.3, 0.4) is 0 Å². The minimum atomic E-state index is -0.912. The summed E-state index contributed by atoms with van der Waals surface area (Å²) in [5, 5.41) is 9.35. The van der Waals surface area contributed by atoms with Crippen molar-refractivity contribution in [2.75, 3.05) is 7.11 Å². The highest BCUT2D eigenvalue weighted by atomic mass is 16.5. The molecule has 0 spiro atoms. The minimum absolute atomic E-state index is 0.365. The van der Waals surface area contributed by atoms with Crippen LogP contribution in [-0.4, -0.2) is 28.2 Å². The molecule has 0 aliphatic rings. The van der Waals surface area contributed by atoms with Gasteiger partial charge in [0.2, 0.25) is 5.88 Å². The number of hydrogen-bond acceptors (Lipinski definition) is 4.